The molecule has 0 aromatic carbocycles. The van der Waals surface area contributed by atoms with Gasteiger partial charge in [0.15, 0.2) is 35.0 Å². The number of aromatic amines is 1. The summed E-state index contributed by atoms with van der Waals surface area (Å²) < 4.78 is 71.3. The number of hydrogen-bond donors (Lipinski definition) is 7. The van der Waals surface area contributed by atoms with Gasteiger partial charge in [-0.2, -0.15) is 15.0 Å². The van der Waals surface area contributed by atoms with E-state index < -0.39 is 83.2 Å². The Kier molecular flexibility index (Phi) is 7.40. The standard InChI is InChI=1S/C21H26FN11O11P2/c22-9-14-8(42-19(9)33-5-26-10-15(23)28-20(24)29-16(10)33)3-41-46(38,39)43-13-7(1-6(12(13)34)2-40-45(36,37)44-14)32-4-27-11-17(32)30-21(25)31-18(11)35/h4-9,12-14,19,34H,1-3H2,(H,36,37)(H,38,39)(H4,23,24,28,29)(H3,25,30,31,35)/t6-,7-,8-,9?,12?,13?,14?,19-/m1/s1. The molecule has 7 rings (SSSR count). The highest BCUT2D eigenvalue weighted by molar-refractivity contribution is 7.47. The molecule has 6 unspecified atom stereocenters. The van der Waals surface area contributed by atoms with Crippen molar-refractivity contribution in [3.05, 3.63) is 23.0 Å². The van der Waals surface area contributed by atoms with Gasteiger partial charge in [-0.1, -0.05) is 0 Å². The minimum Gasteiger partial charge on any atom is -0.390 e. The zero-order valence-corrected chi connectivity index (χ0v) is 24.9. The van der Waals surface area contributed by atoms with Crippen molar-refractivity contribution in [2.24, 2.45) is 5.92 Å². The van der Waals surface area contributed by atoms with Gasteiger partial charge in [0.2, 0.25) is 11.9 Å². The first-order valence-corrected chi connectivity index (χ1v) is 16.5. The maximum atomic E-state index is 16.0. The van der Waals surface area contributed by atoms with E-state index in [1.807, 2.05) is 0 Å². The molecule has 2 saturated heterocycles. The summed E-state index contributed by atoms with van der Waals surface area (Å²) in [6.45, 7) is -1.55. The molecule has 10 atom stereocenters. The van der Waals surface area contributed by atoms with Crippen LogP contribution in [0.25, 0.3) is 22.3 Å². The van der Waals surface area contributed by atoms with Crippen molar-refractivity contribution in [1.29, 1.82) is 0 Å². The minimum absolute atomic E-state index is 0.0253. The zero-order chi connectivity index (χ0) is 32.7. The second kappa shape index (κ2) is 11.0. The third-order valence-corrected chi connectivity index (χ3v) is 9.89. The van der Waals surface area contributed by atoms with E-state index >= 15 is 4.39 Å². The van der Waals surface area contributed by atoms with Crippen LogP contribution in [0.1, 0.15) is 18.7 Å². The van der Waals surface area contributed by atoms with Gasteiger partial charge in [-0.05, 0) is 6.42 Å². The van der Waals surface area contributed by atoms with Crippen molar-refractivity contribution in [3.8, 4) is 0 Å². The molecule has 0 amide bonds. The van der Waals surface area contributed by atoms with E-state index in [9.17, 15) is 28.8 Å². The Labute approximate surface area is 254 Å². The Morgan fingerprint density at radius 1 is 0.935 bits per heavy atom. The molecule has 10 N–H and O–H groups in total. The van der Waals surface area contributed by atoms with Crippen LogP contribution in [-0.2, 0) is 32.0 Å². The summed E-state index contributed by atoms with van der Waals surface area (Å²) in [6.07, 6.45) is -8.23. The van der Waals surface area contributed by atoms with Crippen LogP contribution in [0, 0.1) is 5.92 Å². The molecule has 0 radical (unpaired) electrons. The van der Waals surface area contributed by atoms with Gasteiger partial charge in [0.05, 0.1) is 38.0 Å². The van der Waals surface area contributed by atoms with E-state index in [1.54, 1.807) is 0 Å². The fourth-order valence-corrected chi connectivity index (χ4v) is 7.85. The summed E-state index contributed by atoms with van der Waals surface area (Å²) >= 11 is 0. The van der Waals surface area contributed by atoms with Gasteiger partial charge in [0.25, 0.3) is 5.56 Å². The Balaban J connectivity index is 1.21. The van der Waals surface area contributed by atoms with Crippen LogP contribution < -0.4 is 22.8 Å². The number of hydrogen-bond acceptors (Lipinski definition) is 17. The molecule has 25 heteroatoms. The van der Waals surface area contributed by atoms with Crippen LogP contribution in [0.3, 0.4) is 0 Å². The zero-order valence-electron chi connectivity index (χ0n) is 23.1. The number of aliphatic hydroxyl groups is 1. The number of ether oxygens (including phenoxy) is 1. The van der Waals surface area contributed by atoms with Gasteiger partial charge < -0.3 is 41.4 Å². The van der Waals surface area contributed by atoms with Gasteiger partial charge in [0.1, 0.15) is 23.8 Å². The van der Waals surface area contributed by atoms with E-state index in [2.05, 4.69) is 29.9 Å². The number of nitrogens with one attached hydrogen (secondary N) is 1. The number of alkyl halides is 1. The number of aliphatic hydroxyl groups excluding tert-OH is 1. The van der Waals surface area contributed by atoms with Gasteiger partial charge in [-0.15, -0.1) is 0 Å². The van der Waals surface area contributed by atoms with Crippen molar-refractivity contribution >= 4 is 55.7 Å². The summed E-state index contributed by atoms with van der Waals surface area (Å²) in [5.41, 5.74) is 16.4. The summed E-state index contributed by atoms with van der Waals surface area (Å²) in [7, 11) is -10.2. The highest BCUT2D eigenvalue weighted by atomic mass is 31.2. The maximum absolute atomic E-state index is 16.0. The predicted octanol–water partition coefficient (Wildman–Crippen LogP) is -1.12. The second-order valence-corrected chi connectivity index (χ2v) is 13.6. The van der Waals surface area contributed by atoms with Crippen LogP contribution in [-0.4, -0.2) is 97.7 Å². The first-order chi connectivity index (χ1) is 21.7. The summed E-state index contributed by atoms with van der Waals surface area (Å²) in [5, 5.41) is 11.1. The molecule has 0 spiro atoms. The lowest BCUT2D eigenvalue weighted by Crippen LogP contribution is -2.34. The number of H-pyrrole nitrogens is 1. The van der Waals surface area contributed by atoms with Gasteiger partial charge >= 0.3 is 15.6 Å². The topological polar surface area (TPSA) is 326 Å². The lowest BCUT2D eigenvalue weighted by Gasteiger charge is -2.26. The van der Waals surface area contributed by atoms with Crippen molar-refractivity contribution in [2.75, 3.05) is 30.4 Å². The van der Waals surface area contributed by atoms with E-state index in [0.717, 1.165) is 10.9 Å². The van der Waals surface area contributed by atoms with Crippen LogP contribution in [0.2, 0.25) is 0 Å². The highest BCUT2D eigenvalue weighted by Gasteiger charge is 2.54. The lowest BCUT2D eigenvalue weighted by molar-refractivity contribution is -0.0509. The van der Waals surface area contributed by atoms with E-state index in [-0.39, 0.29) is 46.5 Å². The smallest absolute Gasteiger partial charge is 0.390 e. The van der Waals surface area contributed by atoms with Crippen molar-refractivity contribution < 1.29 is 51.2 Å². The maximum Gasteiger partial charge on any atom is 0.472 e. The molecule has 248 valence electrons. The Hall–Kier alpha value is -3.63. The number of rotatable bonds is 2. The number of aromatic nitrogens is 8. The Morgan fingerprint density at radius 3 is 2.35 bits per heavy atom. The predicted molar refractivity (Wildman–Crippen MR) is 150 cm³/mol. The summed E-state index contributed by atoms with van der Waals surface area (Å²) in [6, 6.07) is -1.03. The number of fused-ring (bicyclic) bond motifs is 5. The first-order valence-electron chi connectivity index (χ1n) is 13.5. The second-order valence-electron chi connectivity index (χ2n) is 10.8. The third kappa shape index (κ3) is 5.33. The molecule has 4 aromatic rings. The molecule has 3 aliphatic rings. The van der Waals surface area contributed by atoms with Crippen LogP contribution in [0.15, 0.2) is 17.4 Å². The van der Waals surface area contributed by atoms with Crippen molar-refractivity contribution in [3.63, 3.8) is 0 Å². The number of nitrogens with zero attached hydrogens (tertiary/aromatic N) is 7. The molecule has 6 heterocycles. The highest BCUT2D eigenvalue weighted by Crippen LogP contribution is 2.55. The summed E-state index contributed by atoms with van der Waals surface area (Å²) in [5.74, 6) is -1.62. The molecule has 2 bridgehead atoms. The third-order valence-electron chi connectivity index (χ3n) is 7.92. The number of nitrogens with two attached hydrogens (primary N) is 3. The quantitative estimate of drug-likeness (QED) is 0.123. The average molecular weight is 689 g/mol. The molecule has 2 aliphatic heterocycles. The van der Waals surface area contributed by atoms with E-state index in [4.69, 9.17) is 40.0 Å². The van der Waals surface area contributed by atoms with Gasteiger partial charge in [0, 0.05) is 5.92 Å². The number of phosphoric ester groups is 2. The Morgan fingerprint density at radius 2 is 1.59 bits per heavy atom. The average Bonchev–Trinajstić information content (AvgIpc) is 3.72. The van der Waals surface area contributed by atoms with Crippen molar-refractivity contribution in [2.45, 2.75) is 49.3 Å². The molecule has 46 heavy (non-hydrogen) atoms. The first kappa shape index (κ1) is 31.0. The van der Waals surface area contributed by atoms with Crippen molar-refractivity contribution in [1.82, 2.24) is 39.0 Å². The molecular weight excluding hydrogens is 663 g/mol. The molecule has 4 aromatic heterocycles. The largest absolute Gasteiger partial charge is 0.472 e. The van der Waals surface area contributed by atoms with Gasteiger partial charge in [-0.25, -0.2) is 23.5 Å². The molecule has 22 nitrogen and oxygen atoms in total. The fourth-order valence-electron chi connectivity index (χ4n) is 5.88. The molecule has 1 aliphatic carbocycles. The normalized spacial score (nSPS) is 37.1. The SMILES string of the molecule is Nc1nc(N)c2ncn([C@@H]3O[C@@H]4COP(=O)(O)OC5C(O)[C@@H](COP(=O)(O)OC4C3F)C[C@H]5n3cnc4c(=O)[nH]c(N)nc43)c2n1. The monoisotopic (exact) mass is 689 g/mol. The van der Waals surface area contributed by atoms with E-state index in [1.165, 1.54) is 10.9 Å². The fraction of sp³-hybridized carbons (Fsp3) is 0.524. The van der Waals surface area contributed by atoms with Gasteiger partial charge in [-0.3, -0.25) is 32.4 Å². The number of nitrogen functional groups attached to an aromatic ring is 3. The molecular formula is C21H26FN11O11P2. The number of phosphoric acid groups is 2. The Bertz CT molecular complexity index is 1990. The van der Waals surface area contributed by atoms with Crippen LogP contribution in [0.4, 0.5) is 22.1 Å². The number of anilines is 3. The summed E-state index contributed by atoms with van der Waals surface area (Å²) in [4.78, 5) is 55.9. The molecule has 1 saturated carbocycles. The lowest BCUT2D eigenvalue weighted by atomic mass is 10.1. The molecule has 3 fully saturated rings. The number of imidazole rings is 2. The van der Waals surface area contributed by atoms with E-state index in [0.29, 0.717) is 0 Å². The van der Waals surface area contributed by atoms with Crippen LogP contribution in [0.5, 0.6) is 0 Å². The number of halogens is 1. The minimum atomic E-state index is -5.10. The van der Waals surface area contributed by atoms with Crippen LogP contribution >= 0.6 is 15.6 Å².